The number of hydrogen-bond acceptors (Lipinski definition) is 3. The number of aromatic carboxylic acids is 1. The van der Waals surface area contributed by atoms with E-state index in [1.807, 2.05) is 0 Å². The fraction of sp³-hybridized carbons (Fsp3) is 0.387. The summed E-state index contributed by atoms with van der Waals surface area (Å²) in [4.78, 5) is 11.8. The first-order chi connectivity index (χ1) is 16.5. The predicted molar refractivity (Wildman–Crippen MR) is 141 cm³/mol. The summed E-state index contributed by atoms with van der Waals surface area (Å²) in [5.41, 5.74) is 7.36. The van der Waals surface area contributed by atoms with Crippen LogP contribution in [0.2, 0.25) is 0 Å². The highest BCUT2D eigenvalue weighted by Crippen LogP contribution is 2.51. The van der Waals surface area contributed by atoms with E-state index in [9.17, 15) is 20.1 Å². The third-order valence-electron chi connectivity index (χ3n) is 8.54. The first-order valence-corrected chi connectivity index (χ1v) is 12.5. The second-order valence-electron chi connectivity index (χ2n) is 10.7. The average Bonchev–Trinajstić information content (AvgIpc) is 3.14. The highest BCUT2D eigenvalue weighted by atomic mass is 16.4. The van der Waals surface area contributed by atoms with E-state index < -0.39 is 12.1 Å². The van der Waals surface area contributed by atoms with Crippen LogP contribution in [0.3, 0.4) is 0 Å². The first kappa shape index (κ1) is 25.0. The fourth-order valence-corrected chi connectivity index (χ4v) is 5.10. The van der Waals surface area contributed by atoms with Crippen LogP contribution in [-0.4, -0.2) is 21.3 Å². The van der Waals surface area contributed by atoms with Crippen LogP contribution >= 0.6 is 0 Å². The van der Waals surface area contributed by atoms with Crippen molar-refractivity contribution in [3.63, 3.8) is 0 Å². The lowest BCUT2D eigenvalue weighted by atomic mass is 9.75. The smallest absolute Gasteiger partial charge is 0.339 e. The van der Waals surface area contributed by atoms with Crippen molar-refractivity contribution in [1.29, 1.82) is 0 Å². The number of rotatable bonds is 7. The van der Waals surface area contributed by atoms with Gasteiger partial charge in [-0.1, -0.05) is 71.9 Å². The van der Waals surface area contributed by atoms with Crippen molar-refractivity contribution in [2.75, 3.05) is 0 Å². The fourth-order valence-electron chi connectivity index (χ4n) is 5.10. The van der Waals surface area contributed by atoms with Crippen LogP contribution in [0.15, 0.2) is 48.5 Å². The Bertz CT molecular complexity index is 1300. The Balaban J connectivity index is 2.03. The standard InChI is InChI=1S/C31H36O4/c1-7-30(4,5)19-11-12-21-23(15-19)28(33)25-17-20(31(6,8-2)9-3)16-22(27(21)25)18-10-13-26(32)24(14-18)29(34)35/h10-17,28,32-33H,7-9H2,1-6H3,(H,34,35). The summed E-state index contributed by atoms with van der Waals surface area (Å²) in [6, 6.07) is 15.4. The molecule has 0 radical (unpaired) electrons. The molecule has 0 fully saturated rings. The molecular formula is C31H36O4. The van der Waals surface area contributed by atoms with E-state index in [4.69, 9.17) is 0 Å². The van der Waals surface area contributed by atoms with Gasteiger partial charge in [0.1, 0.15) is 17.4 Å². The maximum Gasteiger partial charge on any atom is 0.339 e. The van der Waals surface area contributed by atoms with E-state index >= 15 is 0 Å². The molecule has 0 aliphatic heterocycles. The summed E-state index contributed by atoms with van der Waals surface area (Å²) in [5.74, 6) is -1.43. The maximum atomic E-state index is 11.8. The summed E-state index contributed by atoms with van der Waals surface area (Å²) < 4.78 is 0. The van der Waals surface area contributed by atoms with Gasteiger partial charge in [-0.3, -0.25) is 0 Å². The number of fused-ring (bicyclic) bond motifs is 3. The van der Waals surface area contributed by atoms with Gasteiger partial charge >= 0.3 is 5.97 Å². The van der Waals surface area contributed by atoms with Crippen molar-refractivity contribution in [3.05, 3.63) is 76.3 Å². The van der Waals surface area contributed by atoms with Gasteiger partial charge in [-0.15, -0.1) is 0 Å². The Morgan fingerprint density at radius 1 is 0.829 bits per heavy atom. The number of carboxylic acids is 1. The summed E-state index contributed by atoms with van der Waals surface area (Å²) >= 11 is 0. The SMILES string of the molecule is CCC(C)(C)c1ccc2c(c1)C(O)c1cc(C(C)(CC)CC)cc(-c3ccc(O)c(C(=O)O)c3)c1-2. The molecule has 1 aliphatic rings. The maximum absolute atomic E-state index is 11.8. The molecule has 1 unspecified atom stereocenters. The lowest BCUT2D eigenvalue weighted by molar-refractivity contribution is 0.0693. The van der Waals surface area contributed by atoms with Crippen LogP contribution < -0.4 is 0 Å². The van der Waals surface area contributed by atoms with Gasteiger partial charge in [-0.2, -0.15) is 0 Å². The number of carboxylic acid groups (broad SMARTS) is 1. The van der Waals surface area contributed by atoms with Crippen molar-refractivity contribution in [2.24, 2.45) is 0 Å². The summed E-state index contributed by atoms with van der Waals surface area (Å²) in [5, 5.41) is 31.3. The second kappa shape index (κ2) is 8.83. The summed E-state index contributed by atoms with van der Waals surface area (Å²) in [6.45, 7) is 13.2. The minimum atomic E-state index is -1.17. The Hall–Kier alpha value is -3.11. The first-order valence-electron chi connectivity index (χ1n) is 12.5. The van der Waals surface area contributed by atoms with Gasteiger partial charge in [-0.05, 0) is 92.8 Å². The lowest BCUT2D eigenvalue weighted by Crippen LogP contribution is -2.20. The van der Waals surface area contributed by atoms with Crippen LogP contribution in [-0.2, 0) is 10.8 Å². The molecule has 4 nitrogen and oxygen atoms in total. The molecule has 3 aromatic carbocycles. The van der Waals surface area contributed by atoms with Gasteiger partial charge in [0.15, 0.2) is 0 Å². The van der Waals surface area contributed by atoms with Crippen LogP contribution in [0.5, 0.6) is 5.75 Å². The largest absolute Gasteiger partial charge is 0.507 e. The number of carbonyl (C=O) groups is 1. The molecule has 4 rings (SSSR count). The van der Waals surface area contributed by atoms with Gasteiger partial charge in [0.2, 0.25) is 0 Å². The molecule has 0 saturated heterocycles. The van der Waals surface area contributed by atoms with Gasteiger partial charge < -0.3 is 15.3 Å². The van der Waals surface area contributed by atoms with Crippen molar-refractivity contribution >= 4 is 5.97 Å². The molecule has 184 valence electrons. The average molecular weight is 473 g/mol. The number of aromatic hydroxyl groups is 1. The van der Waals surface area contributed by atoms with Crippen LogP contribution in [0.1, 0.15) is 99.5 Å². The summed E-state index contributed by atoms with van der Waals surface area (Å²) in [7, 11) is 0. The highest BCUT2D eigenvalue weighted by Gasteiger charge is 2.34. The van der Waals surface area contributed by atoms with E-state index in [1.165, 1.54) is 17.7 Å². The Morgan fingerprint density at radius 3 is 2.09 bits per heavy atom. The minimum Gasteiger partial charge on any atom is -0.507 e. The van der Waals surface area contributed by atoms with Crippen molar-refractivity contribution in [1.82, 2.24) is 0 Å². The van der Waals surface area contributed by atoms with E-state index in [1.54, 1.807) is 6.07 Å². The van der Waals surface area contributed by atoms with Crippen LogP contribution in [0.25, 0.3) is 22.3 Å². The second-order valence-corrected chi connectivity index (χ2v) is 10.7. The van der Waals surface area contributed by atoms with E-state index in [0.717, 1.165) is 52.6 Å². The molecule has 35 heavy (non-hydrogen) atoms. The monoisotopic (exact) mass is 472 g/mol. The van der Waals surface area contributed by atoms with E-state index in [2.05, 4.69) is 71.9 Å². The Morgan fingerprint density at radius 2 is 1.49 bits per heavy atom. The Kier molecular flexibility index (Phi) is 6.31. The zero-order valence-electron chi connectivity index (χ0n) is 21.6. The molecule has 1 aliphatic carbocycles. The molecule has 0 saturated carbocycles. The third-order valence-corrected chi connectivity index (χ3v) is 8.54. The van der Waals surface area contributed by atoms with Crippen molar-refractivity contribution in [2.45, 2.75) is 77.7 Å². The van der Waals surface area contributed by atoms with Crippen LogP contribution in [0, 0.1) is 0 Å². The Labute approximate surface area is 208 Å². The van der Waals surface area contributed by atoms with Crippen LogP contribution in [0.4, 0.5) is 0 Å². The van der Waals surface area contributed by atoms with E-state index in [0.29, 0.717) is 5.56 Å². The molecule has 4 heteroatoms. The van der Waals surface area contributed by atoms with Gasteiger partial charge in [0.05, 0.1) is 0 Å². The predicted octanol–water partition coefficient (Wildman–Crippen LogP) is 7.58. The highest BCUT2D eigenvalue weighted by molar-refractivity contribution is 5.96. The zero-order valence-corrected chi connectivity index (χ0v) is 21.6. The van der Waals surface area contributed by atoms with E-state index in [-0.39, 0.29) is 22.1 Å². The van der Waals surface area contributed by atoms with Gasteiger partial charge in [-0.25, -0.2) is 4.79 Å². The lowest BCUT2D eigenvalue weighted by Gasteiger charge is -2.29. The van der Waals surface area contributed by atoms with Crippen molar-refractivity contribution < 1.29 is 20.1 Å². The van der Waals surface area contributed by atoms with Gasteiger partial charge in [0.25, 0.3) is 0 Å². The molecule has 3 aromatic rings. The molecule has 0 bridgehead atoms. The molecule has 0 spiro atoms. The molecule has 0 heterocycles. The number of phenols is 1. The molecule has 0 amide bonds. The zero-order chi connectivity index (χ0) is 25.7. The molecular weight excluding hydrogens is 436 g/mol. The molecule has 3 N–H and O–H groups in total. The normalized spacial score (nSPS) is 15.1. The minimum absolute atomic E-state index is 0.00610. The molecule has 0 aromatic heterocycles. The topological polar surface area (TPSA) is 77.8 Å². The number of aliphatic hydroxyl groups excluding tert-OH is 1. The molecule has 1 atom stereocenters. The number of hydrogen-bond donors (Lipinski definition) is 3. The number of aliphatic hydroxyl groups is 1. The third kappa shape index (κ3) is 4.04. The van der Waals surface area contributed by atoms with Gasteiger partial charge in [0, 0.05) is 0 Å². The van der Waals surface area contributed by atoms with Crippen molar-refractivity contribution in [3.8, 4) is 28.0 Å². The quantitative estimate of drug-likeness (QED) is 0.331. The summed E-state index contributed by atoms with van der Waals surface area (Å²) in [6.07, 6.45) is 2.12. The number of benzene rings is 3.